The molecule has 0 radical (unpaired) electrons. The van der Waals surface area contributed by atoms with Gasteiger partial charge in [0.25, 0.3) is 5.22 Å². The van der Waals surface area contributed by atoms with Crippen LogP contribution in [0.25, 0.3) is 0 Å². The number of aromatic nitrogens is 2. The third-order valence-corrected chi connectivity index (χ3v) is 7.01. The molecule has 2 aliphatic heterocycles. The summed E-state index contributed by atoms with van der Waals surface area (Å²) in [6, 6.07) is 7.39. The third-order valence-electron chi connectivity index (χ3n) is 4.42. The Morgan fingerprint density at radius 1 is 1.25 bits per heavy atom. The number of amides is 1. The fourth-order valence-corrected chi connectivity index (χ4v) is 5.34. The molecule has 11 heteroatoms. The number of rotatable bonds is 6. The maximum Gasteiger partial charge on any atom is 0.277 e. The molecule has 0 bridgehead atoms. The number of fused-ring (bicyclic) bond motifs is 1. The van der Waals surface area contributed by atoms with Crippen molar-refractivity contribution in [1.82, 2.24) is 15.5 Å². The van der Waals surface area contributed by atoms with Gasteiger partial charge in [-0.15, -0.1) is 10.2 Å². The summed E-state index contributed by atoms with van der Waals surface area (Å²) in [6.45, 7) is 0.685. The largest absolute Gasteiger partial charge is 0.486 e. The Labute approximate surface area is 166 Å². The maximum atomic E-state index is 12.1. The van der Waals surface area contributed by atoms with E-state index in [-0.39, 0.29) is 40.4 Å². The highest BCUT2D eigenvalue weighted by molar-refractivity contribution is 7.99. The monoisotopic (exact) mass is 425 g/mol. The number of hydrogen-bond donors (Lipinski definition) is 1. The van der Waals surface area contributed by atoms with Gasteiger partial charge < -0.3 is 19.2 Å². The molecule has 150 valence electrons. The van der Waals surface area contributed by atoms with Gasteiger partial charge in [0.2, 0.25) is 11.8 Å². The van der Waals surface area contributed by atoms with E-state index < -0.39 is 9.84 Å². The minimum atomic E-state index is -3.02. The highest BCUT2D eigenvalue weighted by Gasteiger charge is 2.32. The van der Waals surface area contributed by atoms with Crippen LogP contribution < -0.4 is 14.8 Å². The van der Waals surface area contributed by atoms with E-state index in [1.165, 1.54) is 0 Å². The Hall–Kier alpha value is -2.27. The fourth-order valence-electron chi connectivity index (χ4n) is 3.00. The third kappa shape index (κ3) is 4.58. The normalized spacial score (nSPS) is 22.7. The maximum absolute atomic E-state index is 12.1. The molecule has 1 N–H and O–H groups in total. The molecule has 0 aliphatic carbocycles. The van der Waals surface area contributed by atoms with Crippen LogP contribution in [0.15, 0.2) is 33.9 Å². The van der Waals surface area contributed by atoms with Crippen molar-refractivity contribution in [3.63, 3.8) is 0 Å². The van der Waals surface area contributed by atoms with Gasteiger partial charge in [0.1, 0.15) is 12.7 Å². The van der Waals surface area contributed by atoms with Gasteiger partial charge in [0.05, 0.1) is 29.7 Å². The van der Waals surface area contributed by atoms with E-state index >= 15 is 0 Å². The Morgan fingerprint density at radius 2 is 2.07 bits per heavy atom. The fraction of sp³-hybridized carbons (Fsp3) is 0.471. The second-order valence-corrected chi connectivity index (χ2v) is 9.75. The average molecular weight is 425 g/mol. The minimum Gasteiger partial charge on any atom is -0.486 e. The van der Waals surface area contributed by atoms with Crippen LogP contribution in [0.3, 0.4) is 0 Å². The van der Waals surface area contributed by atoms with E-state index in [0.29, 0.717) is 37.0 Å². The Kier molecular flexibility index (Phi) is 5.44. The van der Waals surface area contributed by atoms with E-state index in [1.807, 2.05) is 24.3 Å². The van der Waals surface area contributed by atoms with Crippen molar-refractivity contribution in [2.75, 3.05) is 30.4 Å². The summed E-state index contributed by atoms with van der Waals surface area (Å²) in [4.78, 5) is 12.1. The van der Waals surface area contributed by atoms with Gasteiger partial charge in [-0.05, 0) is 18.6 Å². The van der Waals surface area contributed by atoms with Crippen molar-refractivity contribution < 1.29 is 27.1 Å². The Balaban J connectivity index is 1.21. The van der Waals surface area contributed by atoms with E-state index in [1.54, 1.807) is 0 Å². The van der Waals surface area contributed by atoms with Gasteiger partial charge in [-0.1, -0.05) is 23.9 Å². The zero-order valence-corrected chi connectivity index (χ0v) is 16.5. The zero-order chi connectivity index (χ0) is 19.6. The lowest BCUT2D eigenvalue weighted by Crippen LogP contribution is -2.41. The first-order valence-electron chi connectivity index (χ1n) is 8.80. The molecule has 28 heavy (non-hydrogen) atoms. The van der Waals surface area contributed by atoms with Crippen LogP contribution in [0.4, 0.5) is 0 Å². The number of para-hydroxylation sites is 2. The van der Waals surface area contributed by atoms with Crippen LogP contribution in [0.1, 0.15) is 18.2 Å². The van der Waals surface area contributed by atoms with Crippen molar-refractivity contribution in [2.24, 2.45) is 0 Å². The van der Waals surface area contributed by atoms with Crippen LogP contribution in [0, 0.1) is 0 Å². The molecule has 1 aromatic heterocycles. The number of nitrogens with zero attached hydrogens (tertiary/aromatic N) is 2. The van der Waals surface area contributed by atoms with Crippen LogP contribution in [0.2, 0.25) is 0 Å². The lowest BCUT2D eigenvalue weighted by atomic mass is 10.1. The number of nitrogens with one attached hydrogen (secondary N) is 1. The van der Waals surface area contributed by atoms with E-state index in [4.69, 9.17) is 13.9 Å². The topological polar surface area (TPSA) is 121 Å². The first-order chi connectivity index (χ1) is 13.5. The minimum absolute atomic E-state index is 0.0341. The molecule has 3 heterocycles. The van der Waals surface area contributed by atoms with Gasteiger partial charge in [-0.3, -0.25) is 4.79 Å². The van der Waals surface area contributed by atoms with Gasteiger partial charge in [-0.2, -0.15) is 0 Å². The second-order valence-electron chi connectivity index (χ2n) is 6.60. The van der Waals surface area contributed by atoms with Crippen LogP contribution in [-0.2, 0) is 14.6 Å². The van der Waals surface area contributed by atoms with Gasteiger partial charge in [0.15, 0.2) is 21.3 Å². The summed E-state index contributed by atoms with van der Waals surface area (Å²) in [7, 11) is -3.02. The van der Waals surface area contributed by atoms with Gasteiger partial charge in [-0.25, -0.2) is 8.42 Å². The predicted octanol–water partition coefficient (Wildman–Crippen LogP) is 1.02. The number of sulfone groups is 1. The molecule has 1 saturated heterocycles. The molecule has 9 nitrogen and oxygen atoms in total. The van der Waals surface area contributed by atoms with E-state index in [0.717, 1.165) is 11.8 Å². The summed E-state index contributed by atoms with van der Waals surface area (Å²) in [6.07, 6.45) is 0.227. The molecule has 1 aromatic carbocycles. The number of hydrogen-bond acceptors (Lipinski definition) is 9. The van der Waals surface area contributed by atoms with Crippen LogP contribution >= 0.6 is 11.8 Å². The molecule has 2 aromatic rings. The Bertz CT molecular complexity index is 961. The summed E-state index contributed by atoms with van der Waals surface area (Å²) in [5, 5.41) is 10.8. The zero-order valence-electron chi connectivity index (χ0n) is 14.9. The molecular weight excluding hydrogens is 406 g/mol. The summed E-state index contributed by atoms with van der Waals surface area (Å²) < 4.78 is 40.0. The number of carbonyl (C=O) groups is 1. The van der Waals surface area contributed by atoms with Crippen molar-refractivity contribution in [2.45, 2.75) is 23.7 Å². The lowest BCUT2D eigenvalue weighted by molar-refractivity contribution is -0.119. The highest BCUT2D eigenvalue weighted by atomic mass is 32.2. The lowest BCUT2D eigenvalue weighted by Gasteiger charge is -2.26. The molecular formula is C17H19N3O6S2. The summed E-state index contributed by atoms with van der Waals surface area (Å²) in [5.74, 6) is 1.50. The number of thioether (sulfide) groups is 1. The number of ether oxygens (including phenoxy) is 2. The molecule has 1 amide bonds. The van der Waals surface area contributed by atoms with Crippen molar-refractivity contribution in [3.8, 4) is 11.5 Å². The van der Waals surface area contributed by atoms with E-state index in [9.17, 15) is 13.2 Å². The van der Waals surface area contributed by atoms with Crippen molar-refractivity contribution >= 4 is 27.5 Å². The summed E-state index contributed by atoms with van der Waals surface area (Å²) >= 11 is 1.11. The van der Waals surface area contributed by atoms with Gasteiger partial charge >= 0.3 is 0 Å². The number of benzene rings is 1. The predicted molar refractivity (Wildman–Crippen MR) is 100 cm³/mol. The first kappa shape index (κ1) is 19.1. The van der Waals surface area contributed by atoms with E-state index in [2.05, 4.69) is 15.5 Å². The molecule has 0 spiro atoms. The van der Waals surface area contributed by atoms with Crippen LogP contribution in [0.5, 0.6) is 11.5 Å². The highest BCUT2D eigenvalue weighted by Crippen LogP contribution is 2.31. The quantitative estimate of drug-likeness (QED) is 0.676. The molecule has 0 unspecified atom stereocenters. The molecule has 4 rings (SSSR count). The molecule has 2 aliphatic rings. The first-order valence-corrected chi connectivity index (χ1v) is 11.6. The second kappa shape index (κ2) is 8.00. The SMILES string of the molecule is O=C(CSc1nnc([C@H]2CCS(=O)(=O)C2)o1)NC[C@H]1COc2ccccc2O1. The number of carbonyl (C=O) groups excluding carboxylic acids is 1. The van der Waals surface area contributed by atoms with Crippen molar-refractivity contribution in [1.29, 1.82) is 0 Å². The van der Waals surface area contributed by atoms with Crippen molar-refractivity contribution in [3.05, 3.63) is 30.2 Å². The molecule has 1 fully saturated rings. The Morgan fingerprint density at radius 3 is 2.86 bits per heavy atom. The molecule has 2 atom stereocenters. The smallest absolute Gasteiger partial charge is 0.277 e. The van der Waals surface area contributed by atoms with Gasteiger partial charge in [0, 0.05) is 0 Å². The average Bonchev–Trinajstić information content (AvgIpc) is 3.30. The molecule has 0 saturated carbocycles. The summed E-state index contributed by atoms with van der Waals surface area (Å²) in [5.41, 5.74) is 0. The van der Waals surface area contributed by atoms with Crippen LogP contribution in [-0.4, -0.2) is 61.0 Å². The standard InChI is InChI=1S/C17H19N3O6S2/c21-15(18-7-12-8-24-13-3-1-2-4-14(13)25-12)9-27-17-20-19-16(26-17)11-5-6-28(22,23)10-11/h1-4,11-12H,5-10H2,(H,18,21)/t11-,12-/m0/s1.